The Morgan fingerprint density at radius 2 is 2.06 bits per heavy atom. The summed E-state index contributed by atoms with van der Waals surface area (Å²) in [6.45, 7) is 1.92. The Kier molecular flexibility index (Phi) is 3.42. The van der Waals surface area contributed by atoms with Gasteiger partial charge in [0.1, 0.15) is 11.9 Å². The highest BCUT2D eigenvalue weighted by Gasteiger charge is 2.17. The molecule has 1 aromatic carbocycles. The molecule has 4 heteroatoms. The first-order chi connectivity index (χ1) is 7.59. The quantitative estimate of drug-likeness (QED) is 0.887. The van der Waals surface area contributed by atoms with Gasteiger partial charge in [-0.25, -0.2) is 4.39 Å². The molecule has 1 nitrogen and oxygen atoms in total. The molecule has 0 saturated heterocycles. The van der Waals surface area contributed by atoms with Crippen LogP contribution in [-0.2, 0) is 0 Å². The second-order valence-electron chi connectivity index (χ2n) is 3.50. The summed E-state index contributed by atoms with van der Waals surface area (Å²) in [5.74, 6) is -0.388. The van der Waals surface area contributed by atoms with E-state index in [1.807, 2.05) is 18.4 Å². The first-order valence-electron chi connectivity index (χ1n) is 4.76. The van der Waals surface area contributed by atoms with Gasteiger partial charge < -0.3 is 5.11 Å². The molecule has 1 atom stereocenters. The fraction of sp³-hybridized carbons (Fsp3) is 0.167. The van der Waals surface area contributed by atoms with Crippen LogP contribution in [0, 0.1) is 12.7 Å². The van der Waals surface area contributed by atoms with Crippen molar-refractivity contribution < 1.29 is 9.50 Å². The highest BCUT2D eigenvalue weighted by atomic mass is 79.9. The lowest BCUT2D eigenvalue weighted by molar-refractivity contribution is 0.214. The predicted molar refractivity (Wildman–Crippen MR) is 67.2 cm³/mol. The Bertz CT molecular complexity index is 509. The second-order valence-corrected chi connectivity index (χ2v) is 5.54. The average Bonchev–Trinajstić information content (AvgIpc) is 2.67. The molecular weight excluding hydrogens is 291 g/mol. The van der Waals surface area contributed by atoms with Gasteiger partial charge in [-0.1, -0.05) is 15.9 Å². The van der Waals surface area contributed by atoms with Crippen LogP contribution in [-0.4, -0.2) is 5.11 Å². The first kappa shape index (κ1) is 11.8. The summed E-state index contributed by atoms with van der Waals surface area (Å²) in [5.41, 5.74) is 1.07. The molecule has 0 aliphatic carbocycles. The molecule has 0 fully saturated rings. The first-order valence-corrected chi connectivity index (χ1v) is 6.44. The van der Waals surface area contributed by atoms with Crippen LogP contribution >= 0.6 is 27.3 Å². The van der Waals surface area contributed by atoms with Crippen LogP contribution in [0.25, 0.3) is 0 Å². The molecule has 16 heavy (non-hydrogen) atoms. The number of aryl methyl sites for hydroxylation is 1. The minimum Gasteiger partial charge on any atom is -0.384 e. The predicted octanol–water partition coefficient (Wildman–Crippen LogP) is 4.04. The topological polar surface area (TPSA) is 20.2 Å². The lowest BCUT2D eigenvalue weighted by atomic mass is 10.0. The van der Waals surface area contributed by atoms with E-state index in [1.165, 1.54) is 6.07 Å². The van der Waals surface area contributed by atoms with Gasteiger partial charge in [-0.2, -0.15) is 0 Å². The van der Waals surface area contributed by atoms with E-state index in [0.29, 0.717) is 5.56 Å². The number of hydrogen-bond donors (Lipinski definition) is 1. The van der Waals surface area contributed by atoms with Crippen LogP contribution in [0.3, 0.4) is 0 Å². The number of benzene rings is 1. The standard InChI is InChI=1S/C12H10BrFOS/c1-7-9(4-5-16-7)12(15)10-6-8(13)2-3-11(10)14/h2-6,12,15H,1H3. The zero-order valence-corrected chi connectivity index (χ0v) is 11.0. The fourth-order valence-electron chi connectivity index (χ4n) is 1.57. The van der Waals surface area contributed by atoms with E-state index in [4.69, 9.17) is 0 Å². The summed E-state index contributed by atoms with van der Waals surface area (Å²) in [6.07, 6.45) is -0.899. The molecule has 1 N–H and O–H groups in total. The molecule has 0 amide bonds. The Balaban J connectivity index is 2.45. The Morgan fingerprint density at radius 3 is 2.69 bits per heavy atom. The fourth-order valence-corrected chi connectivity index (χ4v) is 2.68. The highest BCUT2D eigenvalue weighted by Crippen LogP contribution is 2.30. The van der Waals surface area contributed by atoms with E-state index < -0.39 is 6.10 Å². The van der Waals surface area contributed by atoms with Crippen molar-refractivity contribution in [3.8, 4) is 0 Å². The second kappa shape index (κ2) is 4.65. The maximum Gasteiger partial charge on any atom is 0.129 e. The Morgan fingerprint density at radius 1 is 1.31 bits per heavy atom. The number of aliphatic hydroxyl groups excluding tert-OH is 1. The Labute approximate surface area is 106 Å². The SMILES string of the molecule is Cc1sccc1C(O)c1cc(Br)ccc1F. The molecule has 0 aliphatic rings. The largest absolute Gasteiger partial charge is 0.384 e. The number of hydrogen-bond acceptors (Lipinski definition) is 2. The summed E-state index contributed by atoms with van der Waals surface area (Å²) < 4.78 is 14.3. The number of halogens is 2. The molecule has 0 saturated carbocycles. The van der Waals surface area contributed by atoms with Crippen molar-refractivity contribution in [1.29, 1.82) is 0 Å². The molecule has 0 spiro atoms. The van der Waals surface area contributed by atoms with Crippen molar-refractivity contribution >= 4 is 27.3 Å². The molecule has 0 bridgehead atoms. The third-order valence-corrected chi connectivity index (χ3v) is 3.80. The molecule has 0 aliphatic heterocycles. The summed E-state index contributed by atoms with van der Waals surface area (Å²) in [4.78, 5) is 1.01. The van der Waals surface area contributed by atoms with Gasteiger partial charge in [-0.15, -0.1) is 11.3 Å². The maximum atomic E-state index is 13.6. The van der Waals surface area contributed by atoms with Gasteiger partial charge in [-0.05, 0) is 42.1 Å². The highest BCUT2D eigenvalue weighted by molar-refractivity contribution is 9.10. The van der Waals surface area contributed by atoms with Crippen LogP contribution < -0.4 is 0 Å². The van der Waals surface area contributed by atoms with Gasteiger partial charge in [0.25, 0.3) is 0 Å². The third kappa shape index (κ3) is 2.19. The van der Waals surface area contributed by atoms with Crippen LogP contribution in [0.4, 0.5) is 4.39 Å². The molecule has 1 heterocycles. The van der Waals surface area contributed by atoms with Gasteiger partial charge in [0.05, 0.1) is 0 Å². The van der Waals surface area contributed by atoms with Crippen molar-refractivity contribution in [2.24, 2.45) is 0 Å². The van der Waals surface area contributed by atoms with Crippen molar-refractivity contribution in [3.05, 3.63) is 55.9 Å². The van der Waals surface area contributed by atoms with Crippen LogP contribution in [0.2, 0.25) is 0 Å². The average molecular weight is 301 g/mol. The van der Waals surface area contributed by atoms with Crippen molar-refractivity contribution in [2.75, 3.05) is 0 Å². The van der Waals surface area contributed by atoms with Crippen molar-refractivity contribution in [3.63, 3.8) is 0 Å². The zero-order chi connectivity index (χ0) is 11.7. The minimum atomic E-state index is -0.899. The molecule has 1 unspecified atom stereocenters. The number of thiophene rings is 1. The molecule has 2 aromatic rings. The van der Waals surface area contributed by atoms with Crippen molar-refractivity contribution in [1.82, 2.24) is 0 Å². The van der Waals surface area contributed by atoms with Crippen LogP contribution in [0.15, 0.2) is 34.1 Å². The monoisotopic (exact) mass is 300 g/mol. The van der Waals surface area contributed by atoms with E-state index in [9.17, 15) is 9.50 Å². The molecule has 2 rings (SSSR count). The van der Waals surface area contributed by atoms with Gasteiger partial charge in [0.15, 0.2) is 0 Å². The normalized spacial score (nSPS) is 12.8. The van der Waals surface area contributed by atoms with E-state index in [0.717, 1.165) is 14.9 Å². The van der Waals surface area contributed by atoms with Gasteiger partial charge in [0.2, 0.25) is 0 Å². The third-order valence-electron chi connectivity index (χ3n) is 2.45. The minimum absolute atomic E-state index is 0.302. The smallest absolute Gasteiger partial charge is 0.129 e. The van der Waals surface area contributed by atoms with E-state index >= 15 is 0 Å². The van der Waals surface area contributed by atoms with Crippen LogP contribution in [0.1, 0.15) is 22.1 Å². The van der Waals surface area contributed by atoms with E-state index in [2.05, 4.69) is 15.9 Å². The van der Waals surface area contributed by atoms with Gasteiger partial charge in [-0.3, -0.25) is 0 Å². The van der Waals surface area contributed by atoms with Crippen LogP contribution in [0.5, 0.6) is 0 Å². The lowest BCUT2D eigenvalue weighted by Crippen LogP contribution is -2.02. The molecule has 0 radical (unpaired) electrons. The van der Waals surface area contributed by atoms with E-state index in [1.54, 1.807) is 23.5 Å². The van der Waals surface area contributed by atoms with Gasteiger partial charge in [0, 0.05) is 14.9 Å². The number of aliphatic hydroxyl groups is 1. The zero-order valence-electron chi connectivity index (χ0n) is 8.58. The summed E-state index contributed by atoms with van der Waals surface area (Å²) in [6, 6.07) is 6.40. The summed E-state index contributed by atoms with van der Waals surface area (Å²) in [7, 11) is 0. The maximum absolute atomic E-state index is 13.6. The lowest BCUT2D eigenvalue weighted by Gasteiger charge is -2.12. The summed E-state index contributed by atoms with van der Waals surface area (Å²) >= 11 is 4.81. The van der Waals surface area contributed by atoms with Crippen molar-refractivity contribution in [2.45, 2.75) is 13.0 Å². The number of rotatable bonds is 2. The molecule has 1 aromatic heterocycles. The van der Waals surface area contributed by atoms with Gasteiger partial charge >= 0.3 is 0 Å². The summed E-state index contributed by atoms with van der Waals surface area (Å²) in [5, 5.41) is 12.0. The molecule has 84 valence electrons. The molecular formula is C12H10BrFOS. The Hall–Kier alpha value is -0.710. The van der Waals surface area contributed by atoms with E-state index in [-0.39, 0.29) is 5.82 Å².